The van der Waals surface area contributed by atoms with Crippen molar-refractivity contribution in [3.63, 3.8) is 0 Å². The molecule has 0 spiro atoms. The van der Waals surface area contributed by atoms with Gasteiger partial charge in [-0.15, -0.1) is 0 Å². The number of nitrogens with two attached hydrogens (primary N) is 2. The first-order chi connectivity index (χ1) is 13.9. The summed E-state index contributed by atoms with van der Waals surface area (Å²) in [7, 11) is 0. The zero-order valence-corrected chi connectivity index (χ0v) is 16.7. The minimum absolute atomic E-state index is 0.000785. The Morgan fingerprint density at radius 3 is 2.31 bits per heavy atom. The molecule has 1 aliphatic carbocycles. The van der Waals surface area contributed by atoms with Gasteiger partial charge < -0.3 is 16.2 Å². The Morgan fingerprint density at radius 2 is 1.69 bits per heavy atom. The number of ether oxygens (including phenoxy) is 1. The second-order valence-corrected chi connectivity index (χ2v) is 7.92. The first kappa shape index (κ1) is 21.1. The number of hydrogen-bond acceptors (Lipinski definition) is 4. The van der Waals surface area contributed by atoms with E-state index in [0.717, 1.165) is 25.7 Å². The van der Waals surface area contributed by atoms with Gasteiger partial charge in [0.1, 0.15) is 0 Å². The SMILES string of the molecule is CCCCC1CCC(c2ccc(OC(=O)c3cc(N)cc(N)c3)c(F)c2F)CC1. The lowest BCUT2D eigenvalue weighted by molar-refractivity contribution is 0.0726. The predicted octanol–water partition coefficient (Wildman–Crippen LogP) is 5.81. The second-order valence-electron chi connectivity index (χ2n) is 7.92. The van der Waals surface area contributed by atoms with Crippen LogP contribution in [0.1, 0.15) is 73.7 Å². The molecule has 2 aromatic rings. The molecule has 4 N–H and O–H groups in total. The number of halogens is 2. The van der Waals surface area contributed by atoms with Crippen molar-refractivity contribution in [2.75, 3.05) is 11.5 Å². The topological polar surface area (TPSA) is 78.3 Å². The lowest BCUT2D eigenvalue weighted by atomic mass is 9.77. The number of hydrogen-bond donors (Lipinski definition) is 2. The third kappa shape index (κ3) is 5.05. The Balaban J connectivity index is 1.70. The summed E-state index contributed by atoms with van der Waals surface area (Å²) in [6, 6.07) is 7.09. The molecule has 1 fully saturated rings. The summed E-state index contributed by atoms with van der Waals surface area (Å²) in [5.74, 6) is -2.66. The van der Waals surface area contributed by atoms with Crippen LogP contribution in [0.25, 0.3) is 0 Å². The zero-order chi connectivity index (χ0) is 21.0. The minimum atomic E-state index is -1.14. The van der Waals surface area contributed by atoms with E-state index in [1.54, 1.807) is 0 Å². The summed E-state index contributed by atoms with van der Waals surface area (Å²) in [5, 5.41) is 0. The average molecular weight is 402 g/mol. The molecule has 0 unspecified atom stereocenters. The van der Waals surface area contributed by atoms with Gasteiger partial charge in [-0.25, -0.2) is 9.18 Å². The highest BCUT2D eigenvalue weighted by Crippen LogP contribution is 2.40. The fraction of sp³-hybridized carbons (Fsp3) is 0.435. The molecular formula is C23H28F2N2O2. The van der Waals surface area contributed by atoms with Crippen LogP contribution < -0.4 is 16.2 Å². The van der Waals surface area contributed by atoms with Crippen LogP contribution >= 0.6 is 0 Å². The highest BCUT2D eigenvalue weighted by Gasteiger charge is 2.27. The maximum Gasteiger partial charge on any atom is 0.343 e. The third-order valence-corrected chi connectivity index (χ3v) is 5.75. The summed E-state index contributed by atoms with van der Waals surface area (Å²) in [6.07, 6.45) is 7.40. The number of nitrogen functional groups attached to an aromatic ring is 2. The molecule has 2 aromatic carbocycles. The van der Waals surface area contributed by atoms with Gasteiger partial charge in [0.05, 0.1) is 5.56 Å². The van der Waals surface area contributed by atoms with Crippen LogP contribution in [0.5, 0.6) is 5.75 Å². The van der Waals surface area contributed by atoms with Crippen molar-refractivity contribution in [1.82, 2.24) is 0 Å². The van der Waals surface area contributed by atoms with Crippen LogP contribution in [-0.2, 0) is 0 Å². The molecular weight excluding hydrogens is 374 g/mol. The zero-order valence-electron chi connectivity index (χ0n) is 16.7. The van der Waals surface area contributed by atoms with E-state index in [-0.39, 0.29) is 22.9 Å². The van der Waals surface area contributed by atoms with Gasteiger partial charge in [0.2, 0.25) is 5.82 Å². The number of rotatable bonds is 6. The Labute approximate surface area is 170 Å². The maximum absolute atomic E-state index is 14.7. The quantitative estimate of drug-likeness (QED) is 0.363. The molecule has 0 bridgehead atoms. The van der Waals surface area contributed by atoms with E-state index in [2.05, 4.69) is 6.92 Å². The van der Waals surface area contributed by atoms with Crippen molar-refractivity contribution in [1.29, 1.82) is 0 Å². The van der Waals surface area contributed by atoms with Gasteiger partial charge >= 0.3 is 5.97 Å². The van der Waals surface area contributed by atoms with Crippen molar-refractivity contribution >= 4 is 17.3 Å². The Hall–Kier alpha value is -2.63. The smallest absolute Gasteiger partial charge is 0.343 e. The monoisotopic (exact) mass is 402 g/mol. The van der Waals surface area contributed by atoms with Gasteiger partial charge in [0.25, 0.3) is 0 Å². The molecule has 0 radical (unpaired) electrons. The number of anilines is 2. The van der Waals surface area contributed by atoms with E-state index in [0.29, 0.717) is 11.5 Å². The van der Waals surface area contributed by atoms with Crippen LogP contribution in [0.15, 0.2) is 30.3 Å². The van der Waals surface area contributed by atoms with Gasteiger partial charge in [-0.2, -0.15) is 4.39 Å². The number of benzene rings is 2. The first-order valence-electron chi connectivity index (χ1n) is 10.2. The molecule has 0 aliphatic heterocycles. The summed E-state index contributed by atoms with van der Waals surface area (Å²) in [6.45, 7) is 2.18. The standard InChI is InChI=1S/C23H28F2N2O2/c1-2-3-4-14-5-7-15(8-6-14)19-9-10-20(22(25)21(19)24)29-23(28)16-11-17(26)13-18(27)12-16/h9-15H,2-8,26-27H2,1H3. The van der Waals surface area contributed by atoms with Crippen molar-refractivity contribution in [2.24, 2.45) is 5.92 Å². The van der Waals surface area contributed by atoms with Crippen LogP contribution in [0, 0.1) is 17.6 Å². The minimum Gasteiger partial charge on any atom is -0.420 e. The molecule has 0 saturated heterocycles. The largest absolute Gasteiger partial charge is 0.420 e. The van der Waals surface area contributed by atoms with E-state index >= 15 is 0 Å². The van der Waals surface area contributed by atoms with E-state index in [1.807, 2.05) is 0 Å². The Bertz CT molecular complexity index is 857. The van der Waals surface area contributed by atoms with Crippen LogP contribution in [0.4, 0.5) is 20.2 Å². The van der Waals surface area contributed by atoms with Crippen molar-refractivity contribution in [2.45, 2.75) is 57.8 Å². The number of esters is 1. The summed E-state index contributed by atoms with van der Waals surface area (Å²) >= 11 is 0. The lowest BCUT2D eigenvalue weighted by Gasteiger charge is -2.29. The lowest BCUT2D eigenvalue weighted by Crippen LogP contribution is -2.16. The van der Waals surface area contributed by atoms with Crippen molar-refractivity contribution < 1.29 is 18.3 Å². The van der Waals surface area contributed by atoms with E-state index in [1.165, 1.54) is 49.6 Å². The molecule has 6 heteroatoms. The molecule has 0 atom stereocenters. The molecule has 1 saturated carbocycles. The fourth-order valence-electron chi connectivity index (χ4n) is 4.15. The molecule has 0 heterocycles. The van der Waals surface area contributed by atoms with Crippen LogP contribution in [0.2, 0.25) is 0 Å². The Kier molecular flexibility index (Phi) is 6.72. The van der Waals surface area contributed by atoms with E-state index in [4.69, 9.17) is 16.2 Å². The van der Waals surface area contributed by atoms with Crippen molar-refractivity contribution in [3.8, 4) is 5.75 Å². The Morgan fingerprint density at radius 1 is 1.03 bits per heavy atom. The maximum atomic E-state index is 14.7. The highest BCUT2D eigenvalue weighted by atomic mass is 19.2. The molecule has 3 rings (SSSR count). The number of unbranched alkanes of at least 4 members (excludes halogenated alkanes) is 1. The number of carbonyl (C=O) groups excluding carboxylic acids is 1. The van der Waals surface area contributed by atoms with Gasteiger partial charge in [-0.05, 0) is 67.3 Å². The van der Waals surface area contributed by atoms with E-state index in [9.17, 15) is 13.6 Å². The number of carbonyl (C=O) groups is 1. The first-order valence-corrected chi connectivity index (χ1v) is 10.2. The van der Waals surface area contributed by atoms with Gasteiger partial charge in [-0.1, -0.05) is 32.3 Å². The molecule has 0 aromatic heterocycles. The van der Waals surface area contributed by atoms with Gasteiger partial charge in [-0.3, -0.25) is 0 Å². The molecule has 29 heavy (non-hydrogen) atoms. The molecule has 156 valence electrons. The van der Waals surface area contributed by atoms with Gasteiger partial charge in [0.15, 0.2) is 11.6 Å². The molecule has 1 aliphatic rings. The summed E-state index contributed by atoms with van der Waals surface area (Å²) < 4.78 is 34.4. The average Bonchev–Trinajstić information content (AvgIpc) is 2.70. The highest BCUT2D eigenvalue weighted by molar-refractivity contribution is 5.93. The molecule has 4 nitrogen and oxygen atoms in total. The molecule has 0 amide bonds. The summed E-state index contributed by atoms with van der Waals surface area (Å²) in [5.41, 5.74) is 12.3. The normalized spacial score (nSPS) is 19.1. The fourth-order valence-corrected chi connectivity index (χ4v) is 4.15. The predicted molar refractivity (Wildman–Crippen MR) is 111 cm³/mol. The van der Waals surface area contributed by atoms with Crippen molar-refractivity contribution in [3.05, 3.63) is 53.1 Å². The summed E-state index contributed by atoms with van der Waals surface area (Å²) in [4.78, 5) is 12.3. The third-order valence-electron chi connectivity index (χ3n) is 5.75. The van der Waals surface area contributed by atoms with Crippen LogP contribution in [-0.4, -0.2) is 5.97 Å². The van der Waals surface area contributed by atoms with E-state index < -0.39 is 23.4 Å². The van der Waals surface area contributed by atoms with Crippen LogP contribution in [0.3, 0.4) is 0 Å². The second kappa shape index (κ2) is 9.25. The van der Waals surface area contributed by atoms with Gasteiger partial charge in [0, 0.05) is 11.4 Å².